The normalized spacial score (nSPS) is 13.3. The molecule has 5 heteroatoms. The van der Waals surface area contributed by atoms with E-state index in [1.807, 2.05) is 60.7 Å². The van der Waals surface area contributed by atoms with Crippen molar-refractivity contribution >= 4 is 28.4 Å². The zero-order valence-corrected chi connectivity index (χ0v) is 16.7. The largest absolute Gasteiger partial charge is 0.423 e. The summed E-state index contributed by atoms with van der Waals surface area (Å²) in [6.07, 6.45) is 2.23. The predicted molar refractivity (Wildman–Crippen MR) is 120 cm³/mol. The third kappa shape index (κ3) is 3.62. The minimum Gasteiger partial charge on any atom is -0.423 e. The van der Waals surface area contributed by atoms with Gasteiger partial charge in [-0.15, -0.1) is 0 Å². The first kappa shape index (κ1) is 18.9. The molecule has 0 saturated heterocycles. The van der Waals surface area contributed by atoms with E-state index in [4.69, 9.17) is 4.74 Å². The number of amides is 1. The lowest BCUT2D eigenvalue weighted by molar-refractivity contribution is -0.128. The Hall–Kier alpha value is -4.12. The van der Waals surface area contributed by atoms with E-state index in [1.165, 1.54) is 0 Å². The van der Waals surface area contributed by atoms with Crippen LogP contribution in [0.25, 0.3) is 16.5 Å². The fraction of sp³-hybridized carbons (Fsp3) is 0.0769. The number of esters is 1. The zero-order valence-electron chi connectivity index (χ0n) is 16.7. The lowest BCUT2D eigenvalue weighted by Crippen LogP contribution is -2.28. The van der Waals surface area contributed by atoms with Crippen molar-refractivity contribution in [1.29, 1.82) is 0 Å². The number of H-pyrrole nitrogens is 1. The van der Waals surface area contributed by atoms with Crippen molar-refractivity contribution in [3.8, 4) is 5.75 Å². The molecule has 5 nitrogen and oxygen atoms in total. The Balaban J connectivity index is 1.59. The van der Waals surface area contributed by atoms with Gasteiger partial charge in [0.1, 0.15) is 11.3 Å². The molecule has 0 atom stereocenters. The number of nitrogens with zero attached hydrogens (tertiary/aromatic N) is 1. The van der Waals surface area contributed by atoms with Crippen LogP contribution in [-0.4, -0.2) is 28.3 Å². The summed E-state index contributed by atoms with van der Waals surface area (Å²) < 4.78 is 5.63. The van der Waals surface area contributed by atoms with E-state index < -0.39 is 5.97 Å². The van der Waals surface area contributed by atoms with Crippen LogP contribution in [-0.2, 0) is 11.2 Å². The van der Waals surface area contributed by atoms with E-state index in [2.05, 4.69) is 4.98 Å². The molecule has 1 aliphatic rings. The number of aromatic nitrogens is 1. The molecule has 1 N–H and O–H groups in total. The molecule has 4 aromatic rings. The second-order valence-electron chi connectivity index (χ2n) is 7.38. The topological polar surface area (TPSA) is 62.4 Å². The first-order valence-corrected chi connectivity index (χ1v) is 10.2. The van der Waals surface area contributed by atoms with Crippen LogP contribution in [0.5, 0.6) is 5.75 Å². The predicted octanol–water partition coefficient (Wildman–Crippen LogP) is 4.81. The van der Waals surface area contributed by atoms with E-state index in [9.17, 15) is 9.59 Å². The molecule has 31 heavy (non-hydrogen) atoms. The van der Waals surface area contributed by atoms with Crippen molar-refractivity contribution in [2.24, 2.45) is 0 Å². The third-order valence-corrected chi connectivity index (χ3v) is 5.43. The molecule has 0 spiro atoms. The molecular formula is C26H20N2O3. The number of hydrogen-bond acceptors (Lipinski definition) is 3. The summed E-state index contributed by atoms with van der Waals surface area (Å²) in [5.74, 6) is -0.205. The van der Waals surface area contributed by atoms with Crippen molar-refractivity contribution in [1.82, 2.24) is 9.88 Å². The summed E-state index contributed by atoms with van der Waals surface area (Å²) in [6.45, 7) is 0.463. The van der Waals surface area contributed by atoms with Gasteiger partial charge in [-0.2, -0.15) is 0 Å². The number of carbonyl (C=O) groups is 2. The second kappa shape index (κ2) is 7.95. The van der Waals surface area contributed by atoms with Gasteiger partial charge in [0.05, 0.1) is 5.69 Å². The van der Waals surface area contributed by atoms with Crippen LogP contribution in [0.15, 0.2) is 91.1 Å². The van der Waals surface area contributed by atoms with E-state index in [1.54, 1.807) is 35.4 Å². The lowest BCUT2D eigenvalue weighted by Gasteiger charge is -2.18. The number of rotatable bonds is 3. The van der Waals surface area contributed by atoms with Crippen LogP contribution < -0.4 is 4.74 Å². The SMILES string of the molecule is O=C(Oc1ccccc1)C1=CN(C(=O)c2ccccc2)CCc2c1[nH]c1ccccc21. The maximum Gasteiger partial charge on any atom is 0.347 e. The highest BCUT2D eigenvalue weighted by atomic mass is 16.5. The van der Waals surface area contributed by atoms with E-state index >= 15 is 0 Å². The summed E-state index contributed by atoms with van der Waals surface area (Å²) in [5.41, 5.74) is 3.57. The molecular weight excluding hydrogens is 388 g/mol. The number of fused-ring (bicyclic) bond motifs is 3. The zero-order chi connectivity index (χ0) is 21.2. The molecule has 1 aliphatic heterocycles. The van der Waals surface area contributed by atoms with Gasteiger partial charge in [0.2, 0.25) is 0 Å². The van der Waals surface area contributed by atoms with Crippen molar-refractivity contribution in [2.45, 2.75) is 6.42 Å². The molecule has 0 bridgehead atoms. The van der Waals surface area contributed by atoms with Crippen molar-refractivity contribution in [3.63, 3.8) is 0 Å². The van der Waals surface area contributed by atoms with E-state index in [-0.39, 0.29) is 5.91 Å². The summed E-state index contributed by atoms with van der Waals surface area (Å²) >= 11 is 0. The molecule has 0 aliphatic carbocycles. The highest BCUT2D eigenvalue weighted by Crippen LogP contribution is 2.32. The Morgan fingerprint density at radius 1 is 0.839 bits per heavy atom. The Kier molecular flexibility index (Phi) is 4.84. The molecule has 0 radical (unpaired) electrons. The van der Waals surface area contributed by atoms with E-state index in [0.717, 1.165) is 16.5 Å². The molecule has 0 fully saturated rings. The monoisotopic (exact) mass is 408 g/mol. The molecule has 152 valence electrons. The summed E-state index contributed by atoms with van der Waals surface area (Å²) in [7, 11) is 0. The van der Waals surface area contributed by atoms with Crippen LogP contribution in [0.3, 0.4) is 0 Å². The van der Waals surface area contributed by atoms with Crippen LogP contribution >= 0.6 is 0 Å². The average molecular weight is 408 g/mol. The number of hydrogen-bond donors (Lipinski definition) is 1. The number of carbonyl (C=O) groups excluding carboxylic acids is 2. The smallest absolute Gasteiger partial charge is 0.347 e. The van der Waals surface area contributed by atoms with Crippen LogP contribution in [0, 0.1) is 0 Å². The molecule has 0 saturated carbocycles. The second-order valence-corrected chi connectivity index (χ2v) is 7.38. The molecule has 1 amide bonds. The Morgan fingerprint density at radius 2 is 1.52 bits per heavy atom. The minimum atomic E-state index is -0.508. The first-order valence-electron chi connectivity index (χ1n) is 10.2. The molecule has 5 rings (SSSR count). The van der Waals surface area contributed by atoms with Crippen LogP contribution in [0.4, 0.5) is 0 Å². The number of aromatic amines is 1. The molecule has 3 aromatic carbocycles. The molecule has 1 aromatic heterocycles. The minimum absolute atomic E-state index is 0.153. The first-order chi connectivity index (χ1) is 15.2. The maximum absolute atomic E-state index is 13.2. The summed E-state index contributed by atoms with van der Waals surface area (Å²) in [4.78, 5) is 31.3. The highest BCUT2D eigenvalue weighted by Gasteiger charge is 2.28. The van der Waals surface area contributed by atoms with Gasteiger partial charge < -0.3 is 14.6 Å². The van der Waals surface area contributed by atoms with Gasteiger partial charge in [-0.05, 0) is 42.3 Å². The molecule has 0 unspecified atom stereocenters. The maximum atomic E-state index is 13.2. The number of ether oxygens (including phenoxy) is 1. The average Bonchev–Trinajstić information content (AvgIpc) is 3.07. The Morgan fingerprint density at radius 3 is 2.29 bits per heavy atom. The van der Waals surface area contributed by atoms with Gasteiger partial charge in [-0.25, -0.2) is 4.79 Å². The number of nitrogens with one attached hydrogen (secondary N) is 1. The molecule has 2 heterocycles. The fourth-order valence-electron chi connectivity index (χ4n) is 3.92. The van der Waals surface area contributed by atoms with Gasteiger partial charge in [0.15, 0.2) is 0 Å². The van der Waals surface area contributed by atoms with Gasteiger partial charge in [0.25, 0.3) is 5.91 Å². The Labute approximate surface area is 179 Å². The number of benzene rings is 3. The van der Waals surface area contributed by atoms with Crippen LogP contribution in [0.1, 0.15) is 21.6 Å². The fourth-order valence-corrected chi connectivity index (χ4v) is 3.92. The van der Waals surface area contributed by atoms with Crippen molar-refractivity contribution < 1.29 is 14.3 Å². The summed E-state index contributed by atoms with van der Waals surface area (Å²) in [6, 6.07) is 26.0. The van der Waals surface area contributed by atoms with E-state index in [0.29, 0.717) is 35.5 Å². The van der Waals surface area contributed by atoms with Gasteiger partial charge in [0, 0.05) is 29.2 Å². The third-order valence-electron chi connectivity index (χ3n) is 5.43. The Bertz CT molecular complexity index is 1290. The van der Waals surface area contributed by atoms with Gasteiger partial charge in [-0.3, -0.25) is 4.79 Å². The van der Waals surface area contributed by atoms with Gasteiger partial charge in [-0.1, -0.05) is 54.6 Å². The van der Waals surface area contributed by atoms with Crippen molar-refractivity contribution in [3.05, 3.63) is 108 Å². The van der Waals surface area contributed by atoms with Crippen molar-refractivity contribution in [2.75, 3.05) is 6.54 Å². The van der Waals surface area contributed by atoms with Gasteiger partial charge >= 0.3 is 5.97 Å². The summed E-state index contributed by atoms with van der Waals surface area (Å²) in [5, 5.41) is 1.05. The standard InChI is InChI=1S/C26H20N2O3/c29-25(18-9-3-1-4-10-18)28-16-15-21-20-13-7-8-14-23(20)27-24(21)22(17-28)26(30)31-19-11-5-2-6-12-19/h1-14,17,27H,15-16H2. The quantitative estimate of drug-likeness (QED) is 0.391. The van der Waals surface area contributed by atoms with Crippen LogP contribution in [0.2, 0.25) is 0 Å². The number of para-hydroxylation sites is 2. The highest BCUT2D eigenvalue weighted by molar-refractivity contribution is 6.19. The lowest BCUT2D eigenvalue weighted by atomic mass is 10.0.